The van der Waals surface area contributed by atoms with Gasteiger partial charge in [0.05, 0.1) is 22.6 Å². The molecule has 0 radical (unpaired) electrons. The van der Waals surface area contributed by atoms with Crippen LogP contribution < -0.4 is 4.90 Å². The van der Waals surface area contributed by atoms with Crippen LogP contribution in [-0.2, 0) is 9.59 Å². The molecule has 3 fully saturated rings. The van der Waals surface area contributed by atoms with Crippen molar-refractivity contribution >= 4 is 23.2 Å². The van der Waals surface area contributed by atoms with Crippen LogP contribution in [0.5, 0.6) is 0 Å². The maximum absolute atomic E-state index is 13.4. The van der Waals surface area contributed by atoms with E-state index in [0.717, 1.165) is 30.6 Å². The lowest BCUT2D eigenvalue weighted by atomic mass is 9.89. The van der Waals surface area contributed by atoms with E-state index in [-0.39, 0.29) is 23.5 Å². The van der Waals surface area contributed by atoms with E-state index in [2.05, 4.69) is 5.01 Å². The number of fused-ring (bicyclic) bond motifs is 3. The van der Waals surface area contributed by atoms with Gasteiger partial charge in [-0.05, 0) is 31.0 Å². The summed E-state index contributed by atoms with van der Waals surface area (Å²) in [5.41, 5.74) is 2.48. The smallest absolute Gasteiger partial charge is 0.269 e. The second-order valence-corrected chi connectivity index (χ2v) is 7.79. The first kappa shape index (κ1) is 18.0. The molecule has 8 heteroatoms. The summed E-state index contributed by atoms with van der Waals surface area (Å²) in [6.07, 6.45) is 0.949. The Kier molecular flexibility index (Phi) is 4.01. The zero-order valence-electron chi connectivity index (χ0n) is 15.9. The van der Waals surface area contributed by atoms with Gasteiger partial charge in [0, 0.05) is 25.2 Å². The van der Waals surface area contributed by atoms with Crippen LogP contribution in [0.2, 0.25) is 0 Å². The van der Waals surface area contributed by atoms with Crippen LogP contribution in [0.3, 0.4) is 0 Å². The number of rotatable bonds is 3. The maximum atomic E-state index is 13.4. The molecule has 0 unspecified atom stereocenters. The number of carbonyl (C=O) groups excluding carboxylic acids is 2. The largest absolute Gasteiger partial charge is 0.274 e. The Morgan fingerprint density at radius 2 is 1.52 bits per heavy atom. The number of hydrogen-bond donors (Lipinski definition) is 0. The molecule has 148 valence electrons. The Balaban J connectivity index is 1.54. The predicted molar refractivity (Wildman–Crippen MR) is 105 cm³/mol. The predicted octanol–water partition coefficient (Wildman–Crippen LogP) is 2.44. The number of nitrogens with zero attached hydrogens (tertiary/aromatic N) is 4. The van der Waals surface area contributed by atoms with E-state index in [1.54, 1.807) is 0 Å². The summed E-state index contributed by atoms with van der Waals surface area (Å²) in [4.78, 5) is 38.3. The molecule has 0 spiro atoms. The third kappa shape index (κ3) is 2.60. The molecule has 3 aliphatic rings. The van der Waals surface area contributed by atoms with E-state index in [1.165, 1.54) is 29.2 Å². The molecule has 5 rings (SSSR count). The van der Waals surface area contributed by atoms with Gasteiger partial charge in [-0.3, -0.25) is 19.7 Å². The van der Waals surface area contributed by atoms with Crippen molar-refractivity contribution in [2.75, 3.05) is 18.0 Å². The molecule has 3 atom stereocenters. The molecule has 8 nitrogen and oxygen atoms in total. The van der Waals surface area contributed by atoms with Crippen LogP contribution in [-0.4, -0.2) is 45.9 Å². The van der Waals surface area contributed by atoms with E-state index in [9.17, 15) is 19.7 Å². The van der Waals surface area contributed by atoms with Crippen molar-refractivity contribution < 1.29 is 14.5 Å². The number of benzene rings is 2. The molecule has 2 aromatic carbocycles. The Bertz CT molecular complexity index is 1000. The van der Waals surface area contributed by atoms with Gasteiger partial charge in [0.1, 0.15) is 6.04 Å². The number of non-ortho nitro benzene ring substituents is 1. The first-order chi connectivity index (χ1) is 14.0. The number of nitro benzene ring substituents is 1. The summed E-state index contributed by atoms with van der Waals surface area (Å²) in [7, 11) is 0. The van der Waals surface area contributed by atoms with Crippen LogP contribution in [0.1, 0.15) is 23.6 Å². The van der Waals surface area contributed by atoms with Gasteiger partial charge in [0.15, 0.2) is 0 Å². The number of anilines is 1. The molecule has 0 saturated carbocycles. The fraction of sp³-hybridized carbons (Fsp3) is 0.333. The van der Waals surface area contributed by atoms with Gasteiger partial charge in [0.25, 0.3) is 11.6 Å². The average molecular weight is 392 g/mol. The van der Waals surface area contributed by atoms with Crippen molar-refractivity contribution in [2.24, 2.45) is 5.92 Å². The molecule has 0 aromatic heterocycles. The van der Waals surface area contributed by atoms with Gasteiger partial charge in [-0.2, -0.15) is 0 Å². The van der Waals surface area contributed by atoms with E-state index in [4.69, 9.17) is 0 Å². The zero-order chi connectivity index (χ0) is 20.3. The van der Waals surface area contributed by atoms with Gasteiger partial charge >= 0.3 is 0 Å². The second-order valence-electron chi connectivity index (χ2n) is 7.79. The van der Waals surface area contributed by atoms with Crippen LogP contribution in [0.4, 0.5) is 11.4 Å². The van der Waals surface area contributed by atoms with Crippen LogP contribution in [0.15, 0.2) is 48.5 Å². The summed E-state index contributed by atoms with van der Waals surface area (Å²) in [5, 5.41) is 15.1. The maximum Gasteiger partial charge on any atom is 0.269 e. The summed E-state index contributed by atoms with van der Waals surface area (Å²) < 4.78 is 0. The Labute approximate surface area is 167 Å². The fourth-order valence-corrected chi connectivity index (χ4v) is 4.85. The lowest BCUT2D eigenvalue weighted by molar-refractivity contribution is -0.384. The number of amides is 2. The van der Waals surface area contributed by atoms with E-state index in [1.807, 2.05) is 36.2 Å². The molecule has 3 heterocycles. The summed E-state index contributed by atoms with van der Waals surface area (Å²) in [6.45, 7) is 3.59. The van der Waals surface area contributed by atoms with Gasteiger partial charge < -0.3 is 0 Å². The highest BCUT2D eigenvalue weighted by Crippen LogP contribution is 2.48. The van der Waals surface area contributed by atoms with Gasteiger partial charge in [-0.25, -0.2) is 14.9 Å². The number of hydrogen-bond acceptors (Lipinski definition) is 6. The monoisotopic (exact) mass is 392 g/mol. The van der Waals surface area contributed by atoms with Crippen molar-refractivity contribution in [3.05, 3.63) is 69.8 Å². The van der Waals surface area contributed by atoms with Crippen molar-refractivity contribution in [2.45, 2.75) is 25.4 Å². The highest BCUT2D eigenvalue weighted by atomic mass is 16.6. The molecule has 2 amide bonds. The molecular weight excluding hydrogens is 372 g/mol. The quantitative estimate of drug-likeness (QED) is 0.453. The number of hydrazine groups is 1. The molecule has 0 bridgehead atoms. The molecule has 3 aliphatic heterocycles. The lowest BCUT2D eigenvalue weighted by Crippen LogP contribution is -2.44. The van der Waals surface area contributed by atoms with E-state index in [0.29, 0.717) is 5.69 Å². The first-order valence-corrected chi connectivity index (χ1v) is 9.69. The van der Waals surface area contributed by atoms with Gasteiger partial charge in [0.2, 0.25) is 5.91 Å². The third-order valence-corrected chi connectivity index (χ3v) is 6.14. The number of nitro groups is 1. The van der Waals surface area contributed by atoms with Crippen molar-refractivity contribution in [3.63, 3.8) is 0 Å². The second kappa shape index (κ2) is 6.47. The number of aryl methyl sites for hydroxylation is 1. The molecule has 29 heavy (non-hydrogen) atoms. The highest BCUT2D eigenvalue weighted by Gasteiger charge is 2.62. The van der Waals surface area contributed by atoms with Gasteiger partial charge in [-0.1, -0.05) is 29.8 Å². The van der Waals surface area contributed by atoms with Crippen LogP contribution >= 0.6 is 0 Å². The summed E-state index contributed by atoms with van der Waals surface area (Å²) in [5.74, 6) is -0.982. The Morgan fingerprint density at radius 1 is 0.897 bits per heavy atom. The minimum atomic E-state index is -0.522. The standard InChI is InChI=1S/C21H20N4O4/c1-13-3-5-14(6-4-13)18-17-19(23-12-2-11-22(18)23)21(27)24(20(17)26)15-7-9-16(10-8-15)25(28)29/h3-10,17-19H,2,11-12H2,1H3/t17-,18-,19-/m1/s1. The summed E-state index contributed by atoms with van der Waals surface area (Å²) in [6, 6.07) is 13.0. The fourth-order valence-electron chi connectivity index (χ4n) is 4.85. The van der Waals surface area contributed by atoms with Gasteiger partial charge in [-0.15, -0.1) is 0 Å². The Hall–Kier alpha value is -3.10. The molecular formula is C21H20N4O4. The number of imide groups is 1. The topological polar surface area (TPSA) is 87.0 Å². The first-order valence-electron chi connectivity index (χ1n) is 9.69. The third-order valence-electron chi connectivity index (χ3n) is 6.14. The Morgan fingerprint density at radius 3 is 2.14 bits per heavy atom. The van der Waals surface area contributed by atoms with Crippen molar-refractivity contribution in [1.82, 2.24) is 10.0 Å². The average Bonchev–Trinajstić information content (AvgIpc) is 3.35. The van der Waals surface area contributed by atoms with Crippen LogP contribution in [0, 0.1) is 23.0 Å². The molecule has 2 aromatic rings. The van der Waals surface area contributed by atoms with Crippen molar-refractivity contribution in [1.29, 1.82) is 0 Å². The normalized spacial score (nSPS) is 26.8. The lowest BCUT2D eigenvalue weighted by Gasteiger charge is -2.29. The summed E-state index contributed by atoms with van der Waals surface area (Å²) >= 11 is 0. The highest BCUT2D eigenvalue weighted by molar-refractivity contribution is 6.24. The SMILES string of the molecule is Cc1ccc([C@@H]2[C@H]3C(=O)N(c4ccc([N+](=O)[O-])cc4)C(=O)[C@@H]3N3CCCN23)cc1. The molecule has 0 N–H and O–H groups in total. The minimum absolute atomic E-state index is 0.0729. The minimum Gasteiger partial charge on any atom is -0.274 e. The molecule has 3 saturated heterocycles. The molecule has 0 aliphatic carbocycles. The van der Waals surface area contributed by atoms with E-state index >= 15 is 0 Å². The van der Waals surface area contributed by atoms with E-state index < -0.39 is 16.9 Å². The van der Waals surface area contributed by atoms with Crippen molar-refractivity contribution in [3.8, 4) is 0 Å². The zero-order valence-corrected chi connectivity index (χ0v) is 15.9. The number of carbonyl (C=O) groups is 2. The van der Waals surface area contributed by atoms with Crippen LogP contribution in [0.25, 0.3) is 0 Å².